The van der Waals surface area contributed by atoms with Crippen molar-refractivity contribution in [1.29, 1.82) is 5.26 Å². The molecule has 6 heteroatoms. The number of nitriles is 1. The molecule has 1 heterocycles. The summed E-state index contributed by atoms with van der Waals surface area (Å²) in [5.74, 6) is 0.0492. The van der Waals surface area contributed by atoms with Crippen molar-refractivity contribution < 1.29 is 13.5 Å². The Balaban J connectivity index is 3.39. The average Bonchev–Trinajstić information content (AvgIpc) is 2.28. The minimum atomic E-state index is -2.74. The summed E-state index contributed by atoms with van der Waals surface area (Å²) in [6.45, 7) is 0. The van der Waals surface area contributed by atoms with Gasteiger partial charge in [0.2, 0.25) is 0 Å². The minimum absolute atomic E-state index is 0.0188. The lowest BCUT2D eigenvalue weighted by molar-refractivity contribution is 0.145. The highest BCUT2D eigenvalue weighted by atomic mass is 35.5. The molecule has 0 atom stereocenters. The molecule has 0 saturated heterocycles. The van der Waals surface area contributed by atoms with Crippen molar-refractivity contribution in [3.63, 3.8) is 0 Å². The van der Waals surface area contributed by atoms with Crippen LogP contribution in [0.1, 0.15) is 23.2 Å². The summed E-state index contributed by atoms with van der Waals surface area (Å²) in [4.78, 5) is 3.80. The lowest BCUT2D eigenvalue weighted by Crippen LogP contribution is -2.04. The van der Waals surface area contributed by atoms with Crippen molar-refractivity contribution in [3.05, 3.63) is 23.0 Å². The first-order chi connectivity index (χ1) is 7.65. The molecule has 0 amide bonds. The maximum atomic E-state index is 12.8. The van der Waals surface area contributed by atoms with Gasteiger partial charge in [0, 0.05) is 11.8 Å². The highest BCUT2D eigenvalue weighted by Gasteiger charge is 2.22. The number of rotatable bonds is 4. The number of halogens is 3. The second-order valence-electron chi connectivity index (χ2n) is 2.95. The Hall–Kier alpha value is -1.41. The fourth-order valence-electron chi connectivity index (χ4n) is 1.37. The molecule has 1 aromatic rings. The number of pyridine rings is 1. The number of hydrogen-bond donors (Lipinski definition) is 0. The van der Waals surface area contributed by atoms with Gasteiger partial charge in [-0.3, -0.25) is 4.98 Å². The van der Waals surface area contributed by atoms with Gasteiger partial charge in [0.1, 0.15) is 5.75 Å². The molecule has 0 saturated carbocycles. The molecule has 1 aromatic heterocycles. The van der Waals surface area contributed by atoms with Gasteiger partial charge in [-0.1, -0.05) is 0 Å². The van der Waals surface area contributed by atoms with Gasteiger partial charge in [-0.05, 0) is 0 Å². The van der Waals surface area contributed by atoms with Crippen molar-refractivity contribution in [3.8, 4) is 11.8 Å². The summed E-state index contributed by atoms with van der Waals surface area (Å²) >= 11 is 5.59. The van der Waals surface area contributed by atoms with Crippen molar-refractivity contribution >= 4 is 11.6 Å². The molecule has 1 rings (SSSR count). The number of methoxy groups -OCH3 is 1. The molecule has 0 bridgehead atoms. The van der Waals surface area contributed by atoms with E-state index in [1.165, 1.54) is 13.3 Å². The highest BCUT2D eigenvalue weighted by Crippen LogP contribution is 2.34. The van der Waals surface area contributed by atoms with Crippen molar-refractivity contribution in [1.82, 2.24) is 4.98 Å². The second-order valence-corrected chi connectivity index (χ2v) is 3.21. The van der Waals surface area contributed by atoms with Gasteiger partial charge in [-0.25, -0.2) is 8.78 Å². The molecule has 0 aromatic carbocycles. The van der Waals surface area contributed by atoms with Crippen LogP contribution in [-0.2, 0) is 12.3 Å². The third-order valence-electron chi connectivity index (χ3n) is 2.04. The monoisotopic (exact) mass is 246 g/mol. The average molecular weight is 247 g/mol. The SMILES string of the molecule is COc1c(CCl)cnc(CC#N)c1C(F)F. The van der Waals surface area contributed by atoms with E-state index in [9.17, 15) is 8.78 Å². The summed E-state index contributed by atoms with van der Waals surface area (Å²) < 4.78 is 30.6. The van der Waals surface area contributed by atoms with Gasteiger partial charge in [0.25, 0.3) is 6.43 Å². The molecule has 0 radical (unpaired) electrons. The van der Waals surface area contributed by atoms with E-state index in [0.717, 1.165) is 0 Å². The van der Waals surface area contributed by atoms with E-state index in [4.69, 9.17) is 21.6 Å². The third-order valence-corrected chi connectivity index (χ3v) is 2.32. The minimum Gasteiger partial charge on any atom is -0.496 e. The normalized spacial score (nSPS) is 10.2. The third kappa shape index (κ3) is 2.39. The zero-order valence-electron chi connectivity index (χ0n) is 8.51. The quantitative estimate of drug-likeness (QED) is 0.768. The fraction of sp³-hybridized carbons (Fsp3) is 0.400. The first-order valence-corrected chi connectivity index (χ1v) is 4.94. The van der Waals surface area contributed by atoms with E-state index < -0.39 is 6.43 Å². The van der Waals surface area contributed by atoms with Crippen LogP contribution in [0, 0.1) is 11.3 Å². The van der Waals surface area contributed by atoms with Crippen LogP contribution in [0.5, 0.6) is 5.75 Å². The number of aromatic nitrogens is 1. The van der Waals surface area contributed by atoms with E-state index >= 15 is 0 Å². The molecule has 0 spiro atoms. The Morgan fingerprint density at radius 2 is 2.31 bits per heavy atom. The van der Waals surface area contributed by atoms with Gasteiger partial charge in [0.15, 0.2) is 0 Å². The van der Waals surface area contributed by atoms with Crippen molar-refractivity contribution in [2.45, 2.75) is 18.7 Å². The number of nitrogens with zero attached hydrogens (tertiary/aromatic N) is 2. The van der Waals surface area contributed by atoms with Crippen LogP contribution in [0.2, 0.25) is 0 Å². The number of hydrogen-bond acceptors (Lipinski definition) is 3. The predicted molar refractivity (Wildman–Crippen MR) is 54.6 cm³/mol. The Morgan fingerprint density at radius 1 is 1.62 bits per heavy atom. The van der Waals surface area contributed by atoms with Crippen LogP contribution >= 0.6 is 11.6 Å². The molecule has 0 N–H and O–H groups in total. The summed E-state index contributed by atoms with van der Waals surface area (Å²) in [7, 11) is 1.29. The molecule has 0 unspecified atom stereocenters. The highest BCUT2D eigenvalue weighted by molar-refractivity contribution is 6.17. The molecular formula is C10H9ClF2N2O. The van der Waals surface area contributed by atoms with Crippen LogP contribution in [0.15, 0.2) is 6.20 Å². The van der Waals surface area contributed by atoms with Crippen LogP contribution in [0.25, 0.3) is 0 Å². The van der Waals surface area contributed by atoms with Crippen LogP contribution in [0.3, 0.4) is 0 Å². The molecule has 86 valence electrons. The number of alkyl halides is 3. The smallest absolute Gasteiger partial charge is 0.269 e. The van der Waals surface area contributed by atoms with E-state index in [1.807, 2.05) is 0 Å². The van der Waals surface area contributed by atoms with E-state index in [1.54, 1.807) is 6.07 Å². The molecule has 16 heavy (non-hydrogen) atoms. The summed E-state index contributed by atoms with van der Waals surface area (Å²) in [5, 5.41) is 8.51. The Labute approximate surface area is 96.6 Å². The molecule has 3 nitrogen and oxygen atoms in total. The Bertz CT molecular complexity index is 418. The topological polar surface area (TPSA) is 45.9 Å². The van der Waals surface area contributed by atoms with E-state index in [2.05, 4.69) is 4.98 Å². The van der Waals surface area contributed by atoms with Gasteiger partial charge in [-0.15, -0.1) is 11.6 Å². The molecule has 0 aliphatic carbocycles. The second kappa shape index (κ2) is 5.61. The lowest BCUT2D eigenvalue weighted by Gasteiger charge is -2.13. The maximum Gasteiger partial charge on any atom is 0.269 e. The summed E-state index contributed by atoms with van der Waals surface area (Å²) in [5.41, 5.74) is 0.0755. The first kappa shape index (κ1) is 12.7. The summed E-state index contributed by atoms with van der Waals surface area (Å²) in [6.07, 6.45) is -1.57. The zero-order valence-corrected chi connectivity index (χ0v) is 9.26. The Morgan fingerprint density at radius 3 is 2.75 bits per heavy atom. The maximum absolute atomic E-state index is 12.8. The van der Waals surface area contributed by atoms with Gasteiger partial charge in [-0.2, -0.15) is 5.26 Å². The Kier molecular flexibility index (Phi) is 4.44. The van der Waals surface area contributed by atoms with Gasteiger partial charge in [0.05, 0.1) is 36.7 Å². The van der Waals surface area contributed by atoms with Crippen LogP contribution < -0.4 is 4.74 Å². The van der Waals surface area contributed by atoms with Crippen LogP contribution in [0.4, 0.5) is 8.78 Å². The fourth-order valence-corrected chi connectivity index (χ4v) is 1.56. The largest absolute Gasteiger partial charge is 0.496 e. The van der Waals surface area contributed by atoms with Crippen molar-refractivity contribution in [2.24, 2.45) is 0 Å². The van der Waals surface area contributed by atoms with Gasteiger partial charge >= 0.3 is 0 Å². The predicted octanol–water partition coefficient (Wildman–Crippen LogP) is 2.83. The standard InChI is InChI=1S/C10H9ClF2N2O/c1-16-9-6(4-11)5-15-7(2-3-14)8(9)10(12)13/h5,10H,2,4H2,1H3. The number of ether oxygens (including phenoxy) is 1. The lowest BCUT2D eigenvalue weighted by atomic mass is 10.1. The molecule has 0 fully saturated rings. The van der Waals surface area contributed by atoms with Crippen molar-refractivity contribution in [2.75, 3.05) is 7.11 Å². The van der Waals surface area contributed by atoms with Gasteiger partial charge < -0.3 is 4.74 Å². The van der Waals surface area contributed by atoms with E-state index in [-0.39, 0.29) is 29.3 Å². The molecule has 0 aliphatic rings. The van der Waals surface area contributed by atoms with Crippen LogP contribution in [-0.4, -0.2) is 12.1 Å². The molecular weight excluding hydrogens is 238 g/mol. The summed E-state index contributed by atoms with van der Waals surface area (Å²) in [6, 6.07) is 1.78. The molecule has 0 aliphatic heterocycles. The van der Waals surface area contributed by atoms with E-state index in [0.29, 0.717) is 5.56 Å². The zero-order chi connectivity index (χ0) is 12.1. The first-order valence-electron chi connectivity index (χ1n) is 4.41.